The second kappa shape index (κ2) is 5.35. The highest BCUT2D eigenvalue weighted by atomic mass is 32.1. The van der Waals surface area contributed by atoms with Crippen LogP contribution in [0.1, 0.15) is 16.1 Å². The van der Waals surface area contributed by atoms with Crippen LogP contribution in [0.25, 0.3) is 0 Å². The molecule has 0 aliphatic carbocycles. The second-order valence-electron chi connectivity index (χ2n) is 2.89. The fraction of sp³-hybridized carbons (Fsp3) is 0.333. The van der Waals surface area contributed by atoms with E-state index in [0.717, 1.165) is 5.00 Å². The van der Waals surface area contributed by atoms with Crippen LogP contribution in [0.5, 0.6) is 0 Å². The summed E-state index contributed by atoms with van der Waals surface area (Å²) in [6.07, 6.45) is 0.163. The van der Waals surface area contributed by atoms with Gasteiger partial charge in [0.15, 0.2) is 0 Å². The fourth-order valence-corrected chi connectivity index (χ4v) is 1.76. The molecule has 82 valence electrons. The van der Waals surface area contributed by atoms with Crippen LogP contribution < -0.4 is 16.4 Å². The zero-order valence-corrected chi connectivity index (χ0v) is 9.19. The molecule has 0 unspecified atom stereocenters. The maximum atomic E-state index is 11.5. The van der Waals surface area contributed by atoms with Crippen molar-refractivity contribution in [1.82, 2.24) is 5.32 Å². The molecule has 4 N–H and O–H groups in total. The smallest absolute Gasteiger partial charge is 0.261 e. The number of nitrogens with two attached hydrogens (primary N) is 1. The minimum atomic E-state index is -0.419. The lowest BCUT2D eigenvalue weighted by Gasteiger charge is -2.00. The first-order valence-corrected chi connectivity index (χ1v) is 5.29. The number of hydrogen-bond donors (Lipinski definition) is 3. The van der Waals surface area contributed by atoms with Crippen molar-refractivity contribution in [3.8, 4) is 0 Å². The summed E-state index contributed by atoms with van der Waals surface area (Å²) in [6, 6.07) is 3.56. The summed E-state index contributed by atoms with van der Waals surface area (Å²) >= 11 is 1.36. The highest BCUT2D eigenvalue weighted by Crippen LogP contribution is 2.20. The number of hydrogen-bond acceptors (Lipinski definition) is 4. The largest absolute Gasteiger partial charge is 0.380 e. The molecule has 1 aromatic heterocycles. The van der Waals surface area contributed by atoms with E-state index < -0.39 is 5.91 Å². The lowest BCUT2D eigenvalue weighted by atomic mass is 10.4. The molecule has 0 aromatic carbocycles. The molecule has 15 heavy (non-hydrogen) atoms. The van der Waals surface area contributed by atoms with Gasteiger partial charge in [0, 0.05) is 20.0 Å². The summed E-state index contributed by atoms with van der Waals surface area (Å²) in [4.78, 5) is 22.5. The van der Waals surface area contributed by atoms with Crippen molar-refractivity contribution < 1.29 is 9.59 Å². The highest BCUT2D eigenvalue weighted by molar-refractivity contribution is 7.17. The Morgan fingerprint density at radius 1 is 1.47 bits per heavy atom. The van der Waals surface area contributed by atoms with E-state index in [1.54, 1.807) is 13.1 Å². The molecule has 0 fully saturated rings. The van der Waals surface area contributed by atoms with Crippen molar-refractivity contribution in [3.63, 3.8) is 0 Å². The molecule has 6 heteroatoms. The van der Waals surface area contributed by atoms with E-state index in [4.69, 9.17) is 5.73 Å². The first-order chi connectivity index (χ1) is 7.13. The molecule has 0 saturated heterocycles. The summed E-state index contributed by atoms with van der Waals surface area (Å²) in [5.74, 6) is -0.597. The molecule has 1 heterocycles. The van der Waals surface area contributed by atoms with E-state index >= 15 is 0 Å². The van der Waals surface area contributed by atoms with Crippen molar-refractivity contribution in [1.29, 1.82) is 0 Å². The average Bonchev–Trinajstić information content (AvgIpc) is 2.65. The van der Waals surface area contributed by atoms with Crippen LogP contribution in [0.15, 0.2) is 12.1 Å². The molecule has 0 bridgehead atoms. The zero-order chi connectivity index (χ0) is 11.3. The lowest BCUT2D eigenvalue weighted by Crippen LogP contribution is -2.27. The third kappa shape index (κ3) is 3.59. The molecule has 0 atom stereocenters. The molecule has 2 amide bonds. The molecular formula is C9H13N3O2S. The number of amides is 2. The molecule has 0 aliphatic rings. The van der Waals surface area contributed by atoms with Crippen LogP contribution in [-0.4, -0.2) is 25.4 Å². The number of anilines is 1. The van der Waals surface area contributed by atoms with Gasteiger partial charge in [-0.05, 0) is 12.1 Å². The monoisotopic (exact) mass is 227 g/mol. The normalized spacial score (nSPS) is 9.67. The molecule has 0 radical (unpaired) electrons. The first-order valence-electron chi connectivity index (χ1n) is 4.47. The number of carbonyl (C=O) groups is 2. The Morgan fingerprint density at radius 3 is 2.73 bits per heavy atom. The van der Waals surface area contributed by atoms with Crippen molar-refractivity contribution >= 4 is 28.2 Å². The van der Waals surface area contributed by atoms with Gasteiger partial charge in [-0.25, -0.2) is 0 Å². The number of rotatable bonds is 5. The second-order valence-corrected chi connectivity index (χ2v) is 3.97. The third-order valence-corrected chi connectivity index (χ3v) is 2.83. The summed E-state index contributed by atoms with van der Waals surface area (Å²) in [5, 5.41) is 6.48. The van der Waals surface area contributed by atoms with E-state index in [1.165, 1.54) is 11.3 Å². The van der Waals surface area contributed by atoms with Crippen molar-refractivity contribution in [2.24, 2.45) is 5.73 Å². The molecule has 0 aliphatic heterocycles. The molecule has 0 saturated carbocycles. The van der Waals surface area contributed by atoms with Gasteiger partial charge in [0.05, 0.1) is 9.88 Å². The number of nitrogens with one attached hydrogen (secondary N) is 2. The van der Waals surface area contributed by atoms with Gasteiger partial charge in [-0.3, -0.25) is 9.59 Å². The first kappa shape index (κ1) is 11.5. The molecule has 0 spiro atoms. The Labute approximate surface area is 91.7 Å². The van der Waals surface area contributed by atoms with Gasteiger partial charge in [0.1, 0.15) is 0 Å². The predicted octanol–water partition coefficient (Wildman–Crippen LogP) is 0.395. The van der Waals surface area contributed by atoms with Crippen LogP contribution in [0.3, 0.4) is 0 Å². The predicted molar refractivity (Wildman–Crippen MR) is 60.0 cm³/mol. The molecule has 5 nitrogen and oxygen atoms in total. The van der Waals surface area contributed by atoms with Crippen LogP contribution in [0.2, 0.25) is 0 Å². The van der Waals surface area contributed by atoms with Gasteiger partial charge in [0.25, 0.3) is 5.91 Å². The number of thiophene rings is 1. The maximum absolute atomic E-state index is 11.5. The highest BCUT2D eigenvalue weighted by Gasteiger charge is 2.08. The van der Waals surface area contributed by atoms with Crippen LogP contribution in [0.4, 0.5) is 5.00 Å². The molecular weight excluding hydrogens is 214 g/mol. The number of carbonyl (C=O) groups excluding carboxylic acids is 2. The SMILES string of the molecule is CNc1ccc(C(=O)NCCC(N)=O)s1. The van der Waals surface area contributed by atoms with E-state index in [1.807, 2.05) is 6.07 Å². The van der Waals surface area contributed by atoms with Gasteiger partial charge in [0.2, 0.25) is 5.91 Å². The van der Waals surface area contributed by atoms with Crippen LogP contribution >= 0.6 is 11.3 Å². The van der Waals surface area contributed by atoms with Gasteiger partial charge < -0.3 is 16.4 Å². The van der Waals surface area contributed by atoms with Gasteiger partial charge in [-0.15, -0.1) is 11.3 Å². The molecule has 1 rings (SSSR count). The fourth-order valence-electron chi connectivity index (χ4n) is 0.981. The van der Waals surface area contributed by atoms with E-state index in [9.17, 15) is 9.59 Å². The standard InChI is InChI=1S/C9H13N3O2S/c1-11-8-3-2-6(15-8)9(14)12-5-4-7(10)13/h2-3,11H,4-5H2,1H3,(H2,10,13)(H,12,14). The Bertz CT molecular complexity index is 362. The average molecular weight is 227 g/mol. The van der Waals surface area contributed by atoms with Crippen LogP contribution in [-0.2, 0) is 4.79 Å². The summed E-state index contributed by atoms with van der Waals surface area (Å²) in [7, 11) is 1.79. The summed E-state index contributed by atoms with van der Waals surface area (Å²) in [5.41, 5.74) is 4.95. The summed E-state index contributed by atoms with van der Waals surface area (Å²) < 4.78 is 0. The van der Waals surface area contributed by atoms with Gasteiger partial charge in [-0.2, -0.15) is 0 Å². The van der Waals surface area contributed by atoms with Crippen LogP contribution in [0, 0.1) is 0 Å². The summed E-state index contributed by atoms with van der Waals surface area (Å²) in [6.45, 7) is 0.279. The van der Waals surface area contributed by atoms with E-state index in [0.29, 0.717) is 4.88 Å². The topological polar surface area (TPSA) is 84.2 Å². The minimum absolute atomic E-state index is 0.163. The van der Waals surface area contributed by atoms with E-state index in [-0.39, 0.29) is 18.9 Å². The minimum Gasteiger partial charge on any atom is -0.380 e. The van der Waals surface area contributed by atoms with E-state index in [2.05, 4.69) is 10.6 Å². The quantitative estimate of drug-likeness (QED) is 0.680. The maximum Gasteiger partial charge on any atom is 0.261 e. The Morgan fingerprint density at radius 2 is 2.20 bits per heavy atom. The van der Waals surface area contributed by atoms with Crippen molar-refractivity contribution in [2.75, 3.05) is 18.9 Å². The van der Waals surface area contributed by atoms with Gasteiger partial charge in [-0.1, -0.05) is 0 Å². The third-order valence-electron chi connectivity index (χ3n) is 1.73. The van der Waals surface area contributed by atoms with Gasteiger partial charge >= 0.3 is 0 Å². The Balaban J connectivity index is 2.43. The van der Waals surface area contributed by atoms with Crippen molar-refractivity contribution in [3.05, 3.63) is 17.0 Å². The van der Waals surface area contributed by atoms with Crippen molar-refractivity contribution in [2.45, 2.75) is 6.42 Å². The Hall–Kier alpha value is -1.56. The number of primary amides is 1. The zero-order valence-electron chi connectivity index (χ0n) is 8.37. The Kier molecular flexibility index (Phi) is 4.11. The molecule has 1 aromatic rings. The lowest BCUT2D eigenvalue weighted by molar-refractivity contribution is -0.117.